The first-order valence-electron chi connectivity index (χ1n) is 4.11. The SMILES string of the molecule is CC(C)Oc1ccc(C#N)c(Br)c1F. The zero-order chi connectivity index (χ0) is 10.7. The lowest BCUT2D eigenvalue weighted by Gasteiger charge is -2.11. The summed E-state index contributed by atoms with van der Waals surface area (Å²) in [6, 6.07) is 4.85. The van der Waals surface area contributed by atoms with Crippen molar-refractivity contribution in [2.24, 2.45) is 0 Å². The van der Waals surface area contributed by atoms with Crippen LogP contribution in [0.15, 0.2) is 16.6 Å². The fraction of sp³-hybridized carbons (Fsp3) is 0.300. The fourth-order valence-corrected chi connectivity index (χ4v) is 1.38. The summed E-state index contributed by atoms with van der Waals surface area (Å²) in [7, 11) is 0. The summed E-state index contributed by atoms with van der Waals surface area (Å²) in [6.45, 7) is 3.62. The zero-order valence-electron chi connectivity index (χ0n) is 7.84. The van der Waals surface area contributed by atoms with Gasteiger partial charge in [-0.15, -0.1) is 0 Å². The number of nitriles is 1. The van der Waals surface area contributed by atoms with Gasteiger partial charge in [0, 0.05) is 0 Å². The summed E-state index contributed by atoms with van der Waals surface area (Å²) in [6.07, 6.45) is -0.0932. The number of hydrogen-bond acceptors (Lipinski definition) is 2. The lowest BCUT2D eigenvalue weighted by molar-refractivity contribution is 0.230. The maximum absolute atomic E-state index is 13.5. The van der Waals surface area contributed by atoms with Crippen LogP contribution in [0, 0.1) is 17.1 Å². The largest absolute Gasteiger partial charge is 0.488 e. The van der Waals surface area contributed by atoms with Crippen molar-refractivity contribution in [2.45, 2.75) is 20.0 Å². The maximum Gasteiger partial charge on any atom is 0.180 e. The molecule has 0 saturated carbocycles. The molecular weight excluding hydrogens is 249 g/mol. The Kier molecular flexibility index (Phi) is 3.48. The van der Waals surface area contributed by atoms with Crippen molar-refractivity contribution in [3.63, 3.8) is 0 Å². The molecule has 0 aliphatic heterocycles. The highest BCUT2D eigenvalue weighted by Gasteiger charge is 2.12. The molecule has 0 fully saturated rings. The molecule has 14 heavy (non-hydrogen) atoms. The molecular formula is C10H9BrFNO. The molecule has 0 saturated heterocycles. The molecule has 0 aromatic heterocycles. The highest BCUT2D eigenvalue weighted by Crippen LogP contribution is 2.28. The second kappa shape index (κ2) is 4.43. The Hall–Kier alpha value is -1.08. The first kappa shape index (κ1) is 11.0. The van der Waals surface area contributed by atoms with Crippen molar-refractivity contribution in [1.82, 2.24) is 0 Å². The predicted molar refractivity (Wildman–Crippen MR) is 54.6 cm³/mol. The minimum atomic E-state index is -0.530. The summed E-state index contributed by atoms with van der Waals surface area (Å²) in [5.74, 6) is -0.372. The Labute approximate surface area is 90.4 Å². The van der Waals surface area contributed by atoms with E-state index in [2.05, 4.69) is 15.9 Å². The minimum absolute atomic E-state index is 0.0932. The van der Waals surface area contributed by atoms with Crippen LogP contribution in [0.2, 0.25) is 0 Å². The second-order valence-corrected chi connectivity index (χ2v) is 3.81. The van der Waals surface area contributed by atoms with E-state index in [9.17, 15) is 4.39 Å². The summed E-state index contributed by atoms with van der Waals surface area (Å²) in [5.41, 5.74) is 0.263. The molecule has 1 aromatic carbocycles. The lowest BCUT2D eigenvalue weighted by Crippen LogP contribution is -2.07. The molecule has 1 aromatic rings. The van der Waals surface area contributed by atoms with Crippen LogP contribution in [0.1, 0.15) is 19.4 Å². The van der Waals surface area contributed by atoms with Gasteiger partial charge < -0.3 is 4.74 Å². The number of hydrogen-bond donors (Lipinski definition) is 0. The van der Waals surface area contributed by atoms with Crippen LogP contribution in [0.25, 0.3) is 0 Å². The van der Waals surface area contributed by atoms with E-state index in [0.717, 1.165) is 0 Å². The van der Waals surface area contributed by atoms with E-state index in [1.165, 1.54) is 12.1 Å². The third-order valence-electron chi connectivity index (χ3n) is 1.53. The minimum Gasteiger partial charge on any atom is -0.488 e. The van der Waals surface area contributed by atoms with Crippen molar-refractivity contribution >= 4 is 15.9 Å². The predicted octanol–water partition coefficient (Wildman–Crippen LogP) is 3.25. The Morgan fingerprint density at radius 1 is 1.50 bits per heavy atom. The lowest BCUT2D eigenvalue weighted by atomic mass is 10.2. The second-order valence-electron chi connectivity index (χ2n) is 3.02. The smallest absolute Gasteiger partial charge is 0.180 e. The maximum atomic E-state index is 13.5. The summed E-state index contributed by atoms with van der Waals surface area (Å²) >= 11 is 3.00. The normalized spacial score (nSPS) is 10.0. The fourth-order valence-electron chi connectivity index (χ4n) is 0.963. The van der Waals surface area contributed by atoms with Crippen LogP contribution >= 0.6 is 15.9 Å². The van der Waals surface area contributed by atoms with E-state index in [-0.39, 0.29) is 21.9 Å². The first-order chi connectivity index (χ1) is 6.56. The average Bonchev–Trinajstić information content (AvgIpc) is 2.13. The van der Waals surface area contributed by atoms with Gasteiger partial charge in [-0.2, -0.15) is 5.26 Å². The Bertz CT molecular complexity index is 384. The zero-order valence-corrected chi connectivity index (χ0v) is 9.43. The van der Waals surface area contributed by atoms with Gasteiger partial charge in [-0.3, -0.25) is 0 Å². The molecule has 0 unspecified atom stereocenters. The topological polar surface area (TPSA) is 33.0 Å². The summed E-state index contributed by atoms with van der Waals surface area (Å²) < 4.78 is 18.8. The van der Waals surface area contributed by atoms with Gasteiger partial charge in [-0.1, -0.05) is 0 Å². The van der Waals surface area contributed by atoms with Crippen molar-refractivity contribution in [1.29, 1.82) is 5.26 Å². The Balaban J connectivity index is 3.12. The van der Waals surface area contributed by atoms with Gasteiger partial charge in [0.15, 0.2) is 11.6 Å². The van der Waals surface area contributed by atoms with E-state index >= 15 is 0 Å². The van der Waals surface area contributed by atoms with E-state index in [0.29, 0.717) is 0 Å². The molecule has 0 aliphatic carbocycles. The molecule has 1 rings (SSSR count). The van der Waals surface area contributed by atoms with Crippen molar-refractivity contribution in [3.05, 3.63) is 28.0 Å². The number of rotatable bonds is 2. The van der Waals surface area contributed by atoms with Crippen LogP contribution in [-0.2, 0) is 0 Å². The van der Waals surface area contributed by atoms with Gasteiger partial charge in [0.2, 0.25) is 0 Å². The number of halogens is 2. The third kappa shape index (κ3) is 2.24. The van der Waals surface area contributed by atoms with Gasteiger partial charge >= 0.3 is 0 Å². The first-order valence-corrected chi connectivity index (χ1v) is 4.90. The van der Waals surface area contributed by atoms with Gasteiger partial charge in [-0.25, -0.2) is 4.39 Å². The average molecular weight is 258 g/mol. The van der Waals surface area contributed by atoms with E-state index in [1.807, 2.05) is 19.9 Å². The molecule has 4 heteroatoms. The summed E-state index contributed by atoms with van der Waals surface area (Å²) in [5, 5.41) is 8.63. The molecule has 0 spiro atoms. The van der Waals surface area contributed by atoms with Crippen LogP contribution in [0.3, 0.4) is 0 Å². The van der Waals surface area contributed by atoms with Crippen LogP contribution in [-0.4, -0.2) is 6.10 Å². The molecule has 0 amide bonds. The van der Waals surface area contributed by atoms with Crippen molar-refractivity contribution in [2.75, 3.05) is 0 Å². The number of nitrogens with zero attached hydrogens (tertiary/aromatic N) is 1. The molecule has 2 nitrogen and oxygen atoms in total. The standard InChI is InChI=1S/C10H9BrFNO/c1-6(2)14-8-4-3-7(5-13)9(11)10(8)12/h3-4,6H,1-2H3. The third-order valence-corrected chi connectivity index (χ3v) is 2.31. The highest BCUT2D eigenvalue weighted by atomic mass is 79.9. The quantitative estimate of drug-likeness (QED) is 0.815. The van der Waals surface area contributed by atoms with Crippen molar-refractivity contribution < 1.29 is 9.13 Å². The summed E-state index contributed by atoms with van der Waals surface area (Å²) in [4.78, 5) is 0. The van der Waals surface area contributed by atoms with Crippen molar-refractivity contribution in [3.8, 4) is 11.8 Å². The van der Waals surface area contributed by atoms with Gasteiger partial charge in [-0.05, 0) is 41.9 Å². The van der Waals surface area contributed by atoms with Gasteiger partial charge in [0.1, 0.15) is 6.07 Å². The van der Waals surface area contributed by atoms with Crippen LogP contribution < -0.4 is 4.74 Å². The van der Waals surface area contributed by atoms with E-state index < -0.39 is 5.82 Å². The Morgan fingerprint density at radius 3 is 2.64 bits per heavy atom. The van der Waals surface area contributed by atoms with Gasteiger partial charge in [0.05, 0.1) is 16.1 Å². The molecule has 74 valence electrons. The monoisotopic (exact) mass is 257 g/mol. The molecule has 0 N–H and O–H groups in total. The molecule has 0 aliphatic rings. The van der Waals surface area contributed by atoms with E-state index in [4.69, 9.17) is 10.00 Å². The Morgan fingerprint density at radius 2 is 2.14 bits per heavy atom. The molecule has 0 atom stereocenters. The molecule has 0 radical (unpaired) electrons. The highest BCUT2D eigenvalue weighted by molar-refractivity contribution is 9.10. The van der Waals surface area contributed by atoms with E-state index in [1.54, 1.807) is 0 Å². The van der Waals surface area contributed by atoms with Gasteiger partial charge in [0.25, 0.3) is 0 Å². The van der Waals surface area contributed by atoms with Crippen LogP contribution in [0.4, 0.5) is 4.39 Å². The van der Waals surface area contributed by atoms with Crippen LogP contribution in [0.5, 0.6) is 5.75 Å². The number of benzene rings is 1. The molecule has 0 heterocycles. The molecule has 0 bridgehead atoms. The number of ether oxygens (including phenoxy) is 1.